The normalized spacial score (nSPS) is 16.6. The molecule has 0 bridgehead atoms. The third kappa shape index (κ3) is 3.67. The summed E-state index contributed by atoms with van der Waals surface area (Å²) >= 11 is 6.74. The first-order valence-corrected chi connectivity index (χ1v) is 13.8. The lowest BCUT2D eigenvalue weighted by molar-refractivity contribution is -0.468. The predicted octanol–water partition coefficient (Wildman–Crippen LogP) is 5.83. The van der Waals surface area contributed by atoms with Gasteiger partial charge in [0, 0.05) is 23.7 Å². The maximum absolute atomic E-state index is 10.1. The first-order valence-electron chi connectivity index (χ1n) is 13.4. The Bertz CT molecular complexity index is 1690. The van der Waals surface area contributed by atoms with Crippen LogP contribution in [0.2, 0.25) is 5.02 Å². The highest BCUT2D eigenvalue weighted by atomic mass is 35.5. The van der Waals surface area contributed by atoms with Crippen molar-refractivity contribution in [3.05, 3.63) is 112 Å². The van der Waals surface area contributed by atoms with E-state index in [0.29, 0.717) is 0 Å². The standard InChI is InChI=1S/C32H28ClN5/c33-27-14-5-4-11-25(27)30(22-9-2-1-3-10-22)36-17-19-37(20-18-36)32-24-13-8-12-23(24)26(21-34)31-35-28-15-6-7-16-29(28)38(31)32/h1-7,9-11,14-16,30H,8,12-13,17-20H2/p+1/t30-/m0/s1. The van der Waals surface area contributed by atoms with E-state index in [1.54, 1.807) is 0 Å². The van der Waals surface area contributed by atoms with Gasteiger partial charge in [-0.3, -0.25) is 14.8 Å². The molecule has 0 saturated carbocycles. The van der Waals surface area contributed by atoms with Crippen molar-refractivity contribution in [3.63, 3.8) is 0 Å². The van der Waals surface area contributed by atoms with Gasteiger partial charge in [-0.25, -0.2) is 0 Å². The summed E-state index contributed by atoms with van der Waals surface area (Å²) in [6.45, 7) is 3.66. The number of halogens is 1. The van der Waals surface area contributed by atoms with E-state index in [1.807, 2.05) is 12.1 Å². The number of nitrogens with one attached hydrogen (secondary N) is 1. The Morgan fingerprint density at radius 3 is 2.34 bits per heavy atom. The molecule has 38 heavy (non-hydrogen) atoms. The van der Waals surface area contributed by atoms with Crippen LogP contribution >= 0.6 is 11.6 Å². The second kappa shape index (κ2) is 9.47. The number of H-pyrrole nitrogens is 1. The molecule has 0 radical (unpaired) electrons. The molecule has 1 saturated heterocycles. The number of nitriles is 1. The SMILES string of the molecule is N#Cc1c2c(c(N3CCN([C@@H](c4ccccc4)c4ccccc4Cl)CC3)[n+]3c1[nH]c1ccccc13)CCC2. The van der Waals surface area contributed by atoms with E-state index in [1.165, 1.54) is 22.5 Å². The van der Waals surface area contributed by atoms with Gasteiger partial charge in [-0.1, -0.05) is 72.3 Å². The highest BCUT2D eigenvalue weighted by Crippen LogP contribution is 2.37. The molecule has 3 aromatic carbocycles. The predicted molar refractivity (Wildman–Crippen MR) is 152 cm³/mol. The summed E-state index contributed by atoms with van der Waals surface area (Å²) in [6.07, 6.45) is 3.10. The number of aromatic amines is 1. The van der Waals surface area contributed by atoms with Crippen molar-refractivity contribution in [2.24, 2.45) is 0 Å². The maximum atomic E-state index is 10.1. The van der Waals surface area contributed by atoms with Crippen LogP contribution in [0.5, 0.6) is 0 Å². The molecule has 2 aromatic heterocycles. The van der Waals surface area contributed by atoms with Crippen LogP contribution in [0.15, 0.2) is 78.9 Å². The Morgan fingerprint density at radius 2 is 1.55 bits per heavy atom. The third-order valence-corrected chi connectivity index (χ3v) is 8.61. The van der Waals surface area contributed by atoms with Crippen LogP contribution in [-0.2, 0) is 12.8 Å². The molecule has 1 atom stereocenters. The largest absolute Gasteiger partial charge is 0.289 e. The summed E-state index contributed by atoms with van der Waals surface area (Å²) in [5, 5.41) is 11.0. The summed E-state index contributed by atoms with van der Waals surface area (Å²) in [7, 11) is 0. The van der Waals surface area contributed by atoms with Crippen molar-refractivity contribution in [1.82, 2.24) is 9.88 Å². The summed E-state index contributed by atoms with van der Waals surface area (Å²) in [6, 6.07) is 30.0. The van der Waals surface area contributed by atoms with Crippen molar-refractivity contribution < 1.29 is 4.40 Å². The molecule has 2 aliphatic rings. The first-order chi connectivity index (χ1) is 18.7. The first kappa shape index (κ1) is 23.3. The number of aromatic nitrogens is 2. The van der Waals surface area contributed by atoms with Crippen LogP contribution in [0.25, 0.3) is 16.7 Å². The quantitative estimate of drug-likeness (QED) is 0.304. The smallest absolute Gasteiger partial charge is 0.250 e. The lowest BCUT2D eigenvalue weighted by Crippen LogP contribution is -2.51. The second-order valence-electron chi connectivity index (χ2n) is 10.3. The molecule has 1 fully saturated rings. The number of nitrogens with zero attached hydrogens (tertiary/aromatic N) is 4. The van der Waals surface area contributed by atoms with Crippen LogP contribution in [0.4, 0.5) is 5.82 Å². The van der Waals surface area contributed by atoms with Gasteiger partial charge < -0.3 is 0 Å². The Balaban J connectivity index is 1.30. The van der Waals surface area contributed by atoms with Crippen molar-refractivity contribution in [3.8, 4) is 6.07 Å². The molecule has 188 valence electrons. The van der Waals surface area contributed by atoms with Crippen LogP contribution in [-0.4, -0.2) is 36.1 Å². The fourth-order valence-corrected chi connectivity index (χ4v) is 6.82. The van der Waals surface area contributed by atoms with Crippen molar-refractivity contribution in [1.29, 1.82) is 5.26 Å². The number of pyridine rings is 1. The zero-order valence-corrected chi connectivity index (χ0v) is 22.0. The van der Waals surface area contributed by atoms with E-state index in [2.05, 4.69) is 92.0 Å². The number of fused-ring (bicyclic) bond motifs is 4. The lowest BCUT2D eigenvalue weighted by Gasteiger charge is -2.39. The minimum Gasteiger partial charge on any atom is -0.289 e. The fourth-order valence-electron chi connectivity index (χ4n) is 6.58. The third-order valence-electron chi connectivity index (χ3n) is 8.27. The van der Waals surface area contributed by atoms with Crippen LogP contribution in [0.1, 0.15) is 40.3 Å². The molecule has 6 heteroatoms. The molecule has 1 aliphatic carbocycles. The Morgan fingerprint density at radius 1 is 0.842 bits per heavy atom. The van der Waals surface area contributed by atoms with Gasteiger partial charge in [0.25, 0.3) is 0 Å². The summed E-state index contributed by atoms with van der Waals surface area (Å²) < 4.78 is 2.32. The van der Waals surface area contributed by atoms with Crippen molar-refractivity contribution in [2.75, 3.05) is 31.1 Å². The van der Waals surface area contributed by atoms with Gasteiger partial charge in [0.15, 0.2) is 0 Å². The van der Waals surface area contributed by atoms with E-state index >= 15 is 0 Å². The van der Waals surface area contributed by atoms with Gasteiger partial charge in [0.1, 0.15) is 22.7 Å². The van der Waals surface area contributed by atoms with Gasteiger partial charge >= 0.3 is 0 Å². The summed E-state index contributed by atoms with van der Waals surface area (Å²) in [4.78, 5) is 8.68. The number of hydrogen-bond donors (Lipinski definition) is 1. The van der Waals surface area contributed by atoms with E-state index in [0.717, 1.165) is 78.3 Å². The lowest BCUT2D eigenvalue weighted by atomic mass is 9.96. The molecule has 0 spiro atoms. The molecule has 7 rings (SSSR count). The van der Waals surface area contributed by atoms with Crippen LogP contribution in [0.3, 0.4) is 0 Å². The monoisotopic (exact) mass is 518 g/mol. The molecule has 3 heterocycles. The highest BCUT2D eigenvalue weighted by Gasteiger charge is 2.36. The van der Waals surface area contributed by atoms with E-state index in [9.17, 15) is 5.26 Å². The maximum Gasteiger partial charge on any atom is 0.250 e. The molecular weight excluding hydrogens is 490 g/mol. The topological polar surface area (TPSA) is 50.2 Å². The molecule has 5 nitrogen and oxygen atoms in total. The Labute approximate surface area is 227 Å². The van der Waals surface area contributed by atoms with Gasteiger partial charge in [0.05, 0.1) is 19.1 Å². The number of benzene rings is 3. The number of piperazine rings is 1. The minimum atomic E-state index is 0.111. The summed E-state index contributed by atoms with van der Waals surface area (Å²) in [5.41, 5.74) is 8.92. The number of para-hydroxylation sites is 2. The van der Waals surface area contributed by atoms with Gasteiger partial charge in [-0.2, -0.15) is 9.66 Å². The van der Waals surface area contributed by atoms with E-state index in [-0.39, 0.29) is 6.04 Å². The summed E-state index contributed by atoms with van der Waals surface area (Å²) in [5.74, 6) is 1.26. The van der Waals surface area contributed by atoms with E-state index in [4.69, 9.17) is 11.6 Å². The average Bonchev–Trinajstić information content (AvgIpc) is 3.59. The molecule has 1 aliphatic heterocycles. The second-order valence-corrected chi connectivity index (χ2v) is 10.7. The number of rotatable bonds is 4. The molecule has 5 aromatic rings. The zero-order valence-electron chi connectivity index (χ0n) is 21.2. The molecule has 0 unspecified atom stereocenters. The number of anilines is 1. The number of imidazole rings is 1. The Hall–Kier alpha value is -3.85. The zero-order chi connectivity index (χ0) is 25.6. The molecule has 0 amide bonds. The van der Waals surface area contributed by atoms with Gasteiger partial charge in [-0.05, 0) is 54.2 Å². The van der Waals surface area contributed by atoms with Crippen LogP contribution < -0.4 is 9.30 Å². The minimum absolute atomic E-state index is 0.111. The molecule has 1 N–H and O–H groups in total. The van der Waals surface area contributed by atoms with Gasteiger partial charge in [-0.15, -0.1) is 0 Å². The van der Waals surface area contributed by atoms with Gasteiger partial charge in [0.2, 0.25) is 11.5 Å². The van der Waals surface area contributed by atoms with Crippen molar-refractivity contribution >= 4 is 34.1 Å². The van der Waals surface area contributed by atoms with E-state index < -0.39 is 0 Å². The molecular formula is C32H29ClN5+. The Kier molecular flexibility index (Phi) is 5.80. The van der Waals surface area contributed by atoms with Crippen LogP contribution in [0, 0.1) is 11.3 Å². The fraction of sp³-hybridized carbons (Fsp3) is 0.250. The van der Waals surface area contributed by atoms with Crippen molar-refractivity contribution in [2.45, 2.75) is 25.3 Å². The average molecular weight is 519 g/mol. The number of hydrogen-bond acceptors (Lipinski definition) is 3. The highest BCUT2D eigenvalue weighted by molar-refractivity contribution is 6.31.